The van der Waals surface area contributed by atoms with Gasteiger partial charge in [-0.05, 0) is 143 Å². The van der Waals surface area contributed by atoms with Crippen LogP contribution in [0.3, 0.4) is 0 Å². The highest BCUT2D eigenvalue weighted by Gasteiger charge is 2.46. The van der Waals surface area contributed by atoms with Crippen LogP contribution < -0.4 is 25.5 Å². The van der Waals surface area contributed by atoms with Crippen molar-refractivity contribution in [2.45, 2.75) is 85.5 Å². The molecule has 3 heterocycles. The molecule has 0 unspecified atom stereocenters. The fraction of sp³-hybridized carbons (Fsp3) is 0.213. The van der Waals surface area contributed by atoms with Crippen LogP contribution in [0.5, 0.6) is 0 Å². The highest BCUT2D eigenvalue weighted by Crippen LogP contribution is 2.52. The Hall–Kier alpha value is -6.36. The Balaban J connectivity index is 1.21. The van der Waals surface area contributed by atoms with Crippen molar-refractivity contribution < 1.29 is 0 Å². The van der Waals surface area contributed by atoms with E-state index in [0.717, 1.165) is 0 Å². The van der Waals surface area contributed by atoms with Gasteiger partial charge < -0.3 is 9.80 Å². The minimum absolute atomic E-state index is 0.0176. The van der Waals surface area contributed by atoms with Crippen molar-refractivity contribution in [3.63, 3.8) is 0 Å². The second kappa shape index (κ2) is 13.8. The van der Waals surface area contributed by atoms with Crippen molar-refractivity contribution >= 4 is 110 Å². The summed E-state index contributed by atoms with van der Waals surface area (Å²) in [7, 11) is 0. The smallest absolute Gasteiger partial charge is 0.264 e. The predicted octanol–water partition coefficient (Wildman–Crippen LogP) is 15.7. The van der Waals surface area contributed by atoms with Gasteiger partial charge >= 0.3 is 0 Å². The number of anilines is 6. The summed E-state index contributed by atoms with van der Waals surface area (Å²) in [4.78, 5) is 5.27. The van der Waals surface area contributed by atoms with Gasteiger partial charge in [0.15, 0.2) is 0 Å². The van der Waals surface area contributed by atoms with E-state index in [1.165, 1.54) is 126 Å². The number of hydrogen-bond donors (Lipinski definition) is 0. The highest BCUT2D eigenvalue weighted by molar-refractivity contribution is 7.33. The molecule has 0 N–H and O–H groups in total. The van der Waals surface area contributed by atoms with E-state index in [1.807, 2.05) is 11.3 Å². The normalized spacial score (nSPS) is 13.9. The first kappa shape index (κ1) is 40.2. The summed E-state index contributed by atoms with van der Waals surface area (Å²) in [5.41, 5.74) is 17.9. The average Bonchev–Trinajstić information content (AvgIpc) is 3.66. The number of aryl methyl sites for hydroxylation is 1. The molecule has 318 valence electrons. The van der Waals surface area contributed by atoms with Gasteiger partial charge in [0, 0.05) is 43.2 Å². The number of rotatable bonds is 3. The Morgan fingerprint density at radius 1 is 0.446 bits per heavy atom. The molecule has 4 heteroatoms. The van der Waals surface area contributed by atoms with E-state index in [9.17, 15) is 0 Å². The molecule has 2 aliphatic heterocycles. The number of benzene rings is 9. The zero-order valence-electron chi connectivity index (χ0n) is 39.3. The SMILES string of the molecule is Cc1ccc2c(c1)B1c3sc4ccc(C(C)(C)C)cc4c3N(c3ccccc3)c3cc(C(C)(C)C)cc(c31)N2c1ccc(C(C)(C)C)cc1-c1ccc2ccc3cccc4ccc1c2c34. The van der Waals surface area contributed by atoms with Gasteiger partial charge in [0.25, 0.3) is 6.71 Å². The lowest BCUT2D eigenvalue weighted by molar-refractivity contribution is 0.590. The van der Waals surface area contributed by atoms with Crippen LogP contribution in [0.2, 0.25) is 0 Å². The van der Waals surface area contributed by atoms with E-state index in [1.54, 1.807) is 0 Å². The van der Waals surface area contributed by atoms with Gasteiger partial charge in [-0.2, -0.15) is 0 Å². The van der Waals surface area contributed by atoms with Crippen molar-refractivity contribution in [2.75, 3.05) is 9.80 Å². The Labute approximate surface area is 388 Å². The molecule has 9 aromatic carbocycles. The molecular formula is C61H55BN2S. The third-order valence-electron chi connectivity index (χ3n) is 14.5. The highest BCUT2D eigenvalue weighted by atomic mass is 32.1. The molecular weight excluding hydrogens is 804 g/mol. The second-order valence-corrected chi connectivity index (χ2v) is 23.0. The van der Waals surface area contributed by atoms with Gasteiger partial charge in [-0.15, -0.1) is 11.3 Å². The average molecular weight is 859 g/mol. The first-order valence-electron chi connectivity index (χ1n) is 23.4. The van der Waals surface area contributed by atoms with Crippen LogP contribution >= 0.6 is 11.3 Å². The van der Waals surface area contributed by atoms with Gasteiger partial charge in [0.2, 0.25) is 0 Å². The number of nitrogens with zero attached hydrogens (tertiary/aromatic N) is 2. The van der Waals surface area contributed by atoms with Gasteiger partial charge in [-0.3, -0.25) is 0 Å². The van der Waals surface area contributed by atoms with Gasteiger partial charge in [0.1, 0.15) is 0 Å². The molecule has 65 heavy (non-hydrogen) atoms. The maximum atomic E-state index is 2.65. The van der Waals surface area contributed by atoms with Gasteiger partial charge in [0.05, 0.1) is 11.4 Å². The fourth-order valence-corrected chi connectivity index (χ4v) is 12.3. The minimum atomic E-state index is -0.121. The van der Waals surface area contributed by atoms with E-state index >= 15 is 0 Å². The standard InChI is InChI=1S/C61H55BN2S/c1-36-19-28-50-48(31-36)62-56-51(63(43-17-12-11-13-18-43)57-47-33-41(60(5,6)7)25-30-53(47)65-58(57)62)34-42(61(8,9)10)35-52(56)64(50)49-29-24-40(59(2,3)4)32-46(49)44-26-22-39-21-20-37-15-14-16-38-23-27-45(44)55(39)54(37)38/h11-35H,1-10H3. The molecule has 12 rings (SSSR count). The Morgan fingerprint density at radius 3 is 1.77 bits per heavy atom. The van der Waals surface area contributed by atoms with Crippen molar-refractivity contribution in [3.8, 4) is 11.1 Å². The quantitative estimate of drug-likeness (QED) is 0.129. The van der Waals surface area contributed by atoms with Gasteiger partial charge in [-0.25, -0.2) is 0 Å². The van der Waals surface area contributed by atoms with E-state index < -0.39 is 0 Å². The van der Waals surface area contributed by atoms with Crippen molar-refractivity contribution in [1.29, 1.82) is 0 Å². The Morgan fingerprint density at radius 2 is 1.06 bits per heavy atom. The van der Waals surface area contributed by atoms with Crippen molar-refractivity contribution in [1.82, 2.24) is 0 Å². The summed E-state index contributed by atoms with van der Waals surface area (Å²) in [5, 5.41) is 9.18. The number of thiophene rings is 1. The van der Waals surface area contributed by atoms with Crippen molar-refractivity contribution in [3.05, 3.63) is 174 Å². The largest absolute Gasteiger partial charge is 0.311 e. The first-order valence-corrected chi connectivity index (χ1v) is 24.2. The third-order valence-corrected chi connectivity index (χ3v) is 15.7. The molecule has 0 spiro atoms. The monoisotopic (exact) mass is 858 g/mol. The molecule has 10 aromatic rings. The summed E-state index contributed by atoms with van der Waals surface area (Å²) >= 11 is 1.98. The molecule has 0 fully saturated rings. The van der Waals surface area contributed by atoms with Crippen LogP contribution in [0.15, 0.2) is 152 Å². The van der Waals surface area contributed by atoms with Crippen LogP contribution in [0, 0.1) is 6.92 Å². The molecule has 0 saturated heterocycles. The maximum absolute atomic E-state index is 2.65. The van der Waals surface area contributed by atoms with E-state index in [-0.39, 0.29) is 23.0 Å². The summed E-state index contributed by atoms with van der Waals surface area (Å²) in [6, 6.07) is 58.8. The van der Waals surface area contributed by atoms with E-state index in [4.69, 9.17) is 0 Å². The summed E-state index contributed by atoms with van der Waals surface area (Å²) in [6.07, 6.45) is 0. The summed E-state index contributed by atoms with van der Waals surface area (Å²) in [6.45, 7) is 23.4. The van der Waals surface area contributed by atoms with E-state index in [2.05, 4.69) is 231 Å². The lowest BCUT2D eigenvalue weighted by atomic mass is 9.36. The zero-order valence-corrected chi connectivity index (χ0v) is 40.1. The molecule has 0 aliphatic carbocycles. The Bertz CT molecular complexity index is 3560. The van der Waals surface area contributed by atoms with E-state index in [0.29, 0.717) is 0 Å². The molecule has 2 aliphatic rings. The van der Waals surface area contributed by atoms with Crippen LogP contribution in [0.4, 0.5) is 34.1 Å². The third kappa shape index (κ3) is 6.06. The molecule has 0 radical (unpaired) electrons. The number of hydrogen-bond acceptors (Lipinski definition) is 3. The molecule has 0 bridgehead atoms. The minimum Gasteiger partial charge on any atom is -0.311 e. The maximum Gasteiger partial charge on any atom is 0.264 e. The number of fused-ring (bicyclic) bond motifs is 6. The Kier molecular flexibility index (Phi) is 8.55. The fourth-order valence-electron chi connectivity index (χ4n) is 11.0. The van der Waals surface area contributed by atoms with Crippen LogP contribution in [-0.4, -0.2) is 6.71 Å². The summed E-state index contributed by atoms with van der Waals surface area (Å²) in [5.74, 6) is 0. The van der Waals surface area contributed by atoms with Crippen LogP contribution in [-0.2, 0) is 16.2 Å². The summed E-state index contributed by atoms with van der Waals surface area (Å²) < 4.78 is 2.74. The molecule has 1 aromatic heterocycles. The predicted molar refractivity (Wildman–Crippen MR) is 286 cm³/mol. The van der Waals surface area contributed by atoms with Crippen LogP contribution in [0.1, 0.15) is 84.6 Å². The zero-order chi connectivity index (χ0) is 44.9. The molecule has 0 saturated carbocycles. The molecule has 0 amide bonds. The van der Waals surface area contributed by atoms with Crippen molar-refractivity contribution in [2.24, 2.45) is 0 Å². The number of para-hydroxylation sites is 1. The lowest BCUT2D eigenvalue weighted by Crippen LogP contribution is -2.60. The molecule has 0 atom stereocenters. The van der Waals surface area contributed by atoms with Crippen LogP contribution in [0.25, 0.3) is 53.5 Å². The lowest BCUT2D eigenvalue weighted by Gasteiger charge is -2.44. The van der Waals surface area contributed by atoms with Gasteiger partial charge in [-0.1, -0.05) is 165 Å². The molecule has 2 nitrogen and oxygen atoms in total. The first-order chi connectivity index (χ1) is 31.0. The second-order valence-electron chi connectivity index (χ2n) is 21.9. The topological polar surface area (TPSA) is 6.48 Å².